The molecule has 2 aromatic rings. The molecule has 9 nitrogen and oxygen atoms in total. The summed E-state index contributed by atoms with van der Waals surface area (Å²) in [5.41, 5.74) is -0.0483. The van der Waals surface area contributed by atoms with E-state index in [0.29, 0.717) is 15.1 Å². The number of hydrogen-bond acceptors (Lipinski definition) is 7. The van der Waals surface area contributed by atoms with Crippen molar-refractivity contribution in [1.82, 2.24) is 14.5 Å². The van der Waals surface area contributed by atoms with E-state index in [1.165, 1.54) is 28.0 Å². The molecule has 0 radical (unpaired) electrons. The van der Waals surface area contributed by atoms with Crippen LogP contribution < -0.4 is 5.32 Å². The summed E-state index contributed by atoms with van der Waals surface area (Å²) in [6, 6.07) is 3.29. The van der Waals surface area contributed by atoms with Crippen molar-refractivity contribution in [2.45, 2.75) is 36.9 Å². The van der Waals surface area contributed by atoms with Crippen LogP contribution in [-0.2, 0) is 20.9 Å². The third-order valence-electron chi connectivity index (χ3n) is 5.25. The molecule has 2 amide bonds. The van der Waals surface area contributed by atoms with E-state index < -0.39 is 18.0 Å². The lowest BCUT2D eigenvalue weighted by Crippen LogP contribution is -2.63. The molecule has 0 bridgehead atoms. The molecular weight excluding hydrogens is 428 g/mol. The minimum Gasteiger partial charge on any atom is -0.477 e. The lowest BCUT2D eigenvalue weighted by atomic mass is 9.79. The van der Waals surface area contributed by atoms with E-state index >= 15 is 0 Å². The standard InChI is InChI=1S/C19H20N4O5S2/c1-9-14-13(10(2)24)17(26)23(14)15(18(27)28)16(9)30-19-21-11(8-29-19)20-12(25)7-22-5-3-4-6-22/h3-6,8-10,13-14,24H,7H2,1-2H3,(H,20,25)(H,27,28)/t9-,10-,13-,14-/m1/s1. The van der Waals surface area contributed by atoms with E-state index in [9.17, 15) is 24.6 Å². The number of carbonyl (C=O) groups excluding carboxylic acids is 2. The number of aromatic nitrogens is 2. The topological polar surface area (TPSA) is 125 Å². The van der Waals surface area contributed by atoms with Crippen LogP contribution in [0, 0.1) is 11.8 Å². The average molecular weight is 449 g/mol. The van der Waals surface area contributed by atoms with Crippen LogP contribution in [-0.4, -0.2) is 54.6 Å². The molecule has 4 rings (SSSR count). The molecule has 1 saturated heterocycles. The highest BCUT2D eigenvalue weighted by Gasteiger charge is 2.60. The highest BCUT2D eigenvalue weighted by Crippen LogP contribution is 2.52. The second-order valence-corrected chi connectivity index (χ2v) is 9.42. The first-order valence-electron chi connectivity index (χ1n) is 9.30. The molecule has 2 aliphatic heterocycles. The van der Waals surface area contributed by atoms with Crippen molar-refractivity contribution in [2.75, 3.05) is 5.32 Å². The number of carboxylic acid groups (broad SMARTS) is 1. The lowest BCUT2D eigenvalue weighted by Gasteiger charge is -2.46. The highest BCUT2D eigenvalue weighted by molar-refractivity contribution is 8.04. The molecule has 0 aromatic carbocycles. The SMILES string of the molecule is C[C@@H](O)[C@H]1C(=O)N2C(C(=O)O)=C(Sc3nc(NC(=O)Cn4cccc4)cs3)[C@H](C)[C@H]12. The maximum atomic E-state index is 12.4. The Balaban J connectivity index is 1.49. The number of carboxylic acids is 1. The number of anilines is 1. The number of fused-ring (bicyclic) bond motifs is 1. The van der Waals surface area contributed by atoms with Gasteiger partial charge < -0.3 is 25.0 Å². The van der Waals surface area contributed by atoms with Gasteiger partial charge in [0.05, 0.1) is 18.1 Å². The van der Waals surface area contributed by atoms with Crippen LogP contribution >= 0.6 is 23.1 Å². The van der Waals surface area contributed by atoms with Gasteiger partial charge in [-0.1, -0.05) is 18.7 Å². The normalized spacial score (nSPS) is 23.9. The number of thioether (sulfide) groups is 1. The molecule has 0 spiro atoms. The van der Waals surface area contributed by atoms with Gasteiger partial charge in [0, 0.05) is 28.6 Å². The number of amides is 2. The first-order chi connectivity index (χ1) is 14.3. The molecular formula is C19H20N4O5S2. The van der Waals surface area contributed by atoms with Crippen LogP contribution in [0.2, 0.25) is 0 Å². The molecule has 4 heterocycles. The van der Waals surface area contributed by atoms with Crippen molar-refractivity contribution in [3.05, 3.63) is 40.5 Å². The monoisotopic (exact) mass is 448 g/mol. The molecule has 3 N–H and O–H groups in total. The Kier molecular flexibility index (Phi) is 5.43. The minimum atomic E-state index is -1.18. The van der Waals surface area contributed by atoms with Gasteiger partial charge in [-0.15, -0.1) is 11.3 Å². The van der Waals surface area contributed by atoms with Crippen molar-refractivity contribution in [1.29, 1.82) is 0 Å². The molecule has 0 aliphatic carbocycles. The first kappa shape index (κ1) is 20.6. The second-order valence-electron chi connectivity index (χ2n) is 7.28. The van der Waals surface area contributed by atoms with Gasteiger partial charge in [0.2, 0.25) is 11.8 Å². The van der Waals surface area contributed by atoms with Gasteiger partial charge in [-0.25, -0.2) is 9.78 Å². The second kappa shape index (κ2) is 7.89. The zero-order valence-electron chi connectivity index (χ0n) is 16.2. The van der Waals surface area contributed by atoms with Gasteiger partial charge in [-0.3, -0.25) is 9.59 Å². The van der Waals surface area contributed by atoms with Crippen molar-refractivity contribution in [3.8, 4) is 0 Å². The number of β-lactam (4-membered cyclic amide) rings is 1. The van der Waals surface area contributed by atoms with E-state index in [-0.39, 0.29) is 36.0 Å². The largest absolute Gasteiger partial charge is 0.477 e. The van der Waals surface area contributed by atoms with E-state index in [2.05, 4.69) is 10.3 Å². The van der Waals surface area contributed by atoms with Crippen molar-refractivity contribution in [3.63, 3.8) is 0 Å². The third kappa shape index (κ3) is 3.53. The summed E-state index contributed by atoms with van der Waals surface area (Å²) in [5, 5.41) is 24.0. The fourth-order valence-corrected chi connectivity index (χ4v) is 5.96. The maximum Gasteiger partial charge on any atom is 0.353 e. The molecule has 0 unspecified atom stereocenters. The Labute approximate surface area is 180 Å². The Hall–Kier alpha value is -2.63. The fraction of sp³-hybridized carbons (Fsp3) is 0.368. The fourth-order valence-electron chi connectivity index (χ4n) is 3.94. The summed E-state index contributed by atoms with van der Waals surface area (Å²) < 4.78 is 2.30. The van der Waals surface area contributed by atoms with Crippen molar-refractivity contribution in [2.24, 2.45) is 11.8 Å². The van der Waals surface area contributed by atoms with Gasteiger partial charge in [-0.2, -0.15) is 0 Å². The highest BCUT2D eigenvalue weighted by atomic mass is 32.2. The summed E-state index contributed by atoms with van der Waals surface area (Å²) >= 11 is 2.47. The summed E-state index contributed by atoms with van der Waals surface area (Å²) in [7, 11) is 0. The summed E-state index contributed by atoms with van der Waals surface area (Å²) in [6.07, 6.45) is 2.73. The van der Waals surface area contributed by atoms with Crippen LogP contribution in [0.3, 0.4) is 0 Å². The molecule has 11 heteroatoms. The van der Waals surface area contributed by atoms with Gasteiger partial charge in [-0.05, 0) is 19.1 Å². The van der Waals surface area contributed by atoms with Crippen LogP contribution in [0.25, 0.3) is 0 Å². The van der Waals surface area contributed by atoms with E-state index in [4.69, 9.17) is 0 Å². The van der Waals surface area contributed by atoms with Crippen LogP contribution in [0.15, 0.2) is 44.8 Å². The smallest absolute Gasteiger partial charge is 0.353 e. The van der Waals surface area contributed by atoms with Gasteiger partial charge in [0.15, 0.2) is 4.34 Å². The molecule has 2 aromatic heterocycles. The number of rotatable bonds is 7. The molecule has 1 fully saturated rings. The van der Waals surface area contributed by atoms with Crippen molar-refractivity contribution >= 4 is 46.7 Å². The van der Waals surface area contributed by atoms with E-state index in [1.807, 2.05) is 19.1 Å². The molecule has 2 aliphatic rings. The predicted molar refractivity (Wildman–Crippen MR) is 111 cm³/mol. The zero-order valence-corrected chi connectivity index (χ0v) is 17.8. The minimum absolute atomic E-state index is 0.0483. The first-order valence-corrected chi connectivity index (χ1v) is 11.0. The van der Waals surface area contributed by atoms with E-state index in [0.717, 1.165) is 0 Å². The van der Waals surface area contributed by atoms with Crippen molar-refractivity contribution < 1.29 is 24.6 Å². The predicted octanol–water partition coefficient (Wildman–Crippen LogP) is 1.83. The number of aliphatic hydroxyl groups excluding tert-OH is 1. The third-order valence-corrected chi connectivity index (χ3v) is 7.48. The van der Waals surface area contributed by atoms with Gasteiger partial charge in [0.25, 0.3) is 0 Å². The number of thiazole rings is 1. The maximum absolute atomic E-state index is 12.4. The number of nitrogens with zero attached hydrogens (tertiary/aromatic N) is 3. The number of carbonyl (C=O) groups is 3. The number of aliphatic hydroxyl groups is 1. The quantitative estimate of drug-likeness (QED) is 0.552. The van der Waals surface area contributed by atoms with Crippen LogP contribution in [0.4, 0.5) is 5.82 Å². The average Bonchev–Trinajstić information content (AvgIpc) is 3.37. The summed E-state index contributed by atoms with van der Waals surface area (Å²) in [6.45, 7) is 3.56. The lowest BCUT2D eigenvalue weighted by molar-refractivity contribution is -0.163. The Morgan fingerprint density at radius 2 is 2.07 bits per heavy atom. The van der Waals surface area contributed by atoms with Crippen LogP contribution in [0.5, 0.6) is 0 Å². The number of nitrogens with one attached hydrogen (secondary N) is 1. The van der Waals surface area contributed by atoms with Crippen LogP contribution in [0.1, 0.15) is 13.8 Å². The number of aliphatic carboxylic acids is 1. The number of hydrogen-bond donors (Lipinski definition) is 3. The van der Waals surface area contributed by atoms with Gasteiger partial charge in [0.1, 0.15) is 18.1 Å². The Morgan fingerprint density at radius 3 is 2.70 bits per heavy atom. The summed E-state index contributed by atoms with van der Waals surface area (Å²) in [4.78, 5) is 42.6. The molecule has 30 heavy (non-hydrogen) atoms. The molecule has 158 valence electrons. The zero-order chi connectivity index (χ0) is 21.6. The van der Waals surface area contributed by atoms with Gasteiger partial charge >= 0.3 is 5.97 Å². The Bertz CT molecular complexity index is 1030. The Morgan fingerprint density at radius 1 is 1.37 bits per heavy atom. The molecule has 4 atom stereocenters. The molecule has 0 saturated carbocycles. The summed E-state index contributed by atoms with van der Waals surface area (Å²) in [5.74, 6) is -2.22. The van der Waals surface area contributed by atoms with E-state index in [1.54, 1.807) is 29.3 Å².